The van der Waals surface area contributed by atoms with E-state index >= 15 is 0 Å². The Bertz CT molecular complexity index is 924. The molecule has 3 N–H and O–H groups in total. The summed E-state index contributed by atoms with van der Waals surface area (Å²) < 4.78 is 27.1. The Morgan fingerprint density at radius 2 is 1.59 bits per heavy atom. The highest BCUT2D eigenvalue weighted by Crippen LogP contribution is 2.17. The number of rotatable bonds is 7. The number of carbonyl (C=O) groups excluding carboxylic acids is 2. The van der Waals surface area contributed by atoms with E-state index in [0.717, 1.165) is 0 Å². The van der Waals surface area contributed by atoms with Crippen molar-refractivity contribution in [3.8, 4) is 0 Å². The maximum Gasteiger partial charge on any atom is 0.255 e. The van der Waals surface area contributed by atoms with Crippen LogP contribution in [0.25, 0.3) is 0 Å². The second-order valence-electron chi connectivity index (χ2n) is 6.17. The van der Waals surface area contributed by atoms with Crippen LogP contribution in [0.15, 0.2) is 53.4 Å². The van der Waals surface area contributed by atoms with Gasteiger partial charge in [0.2, 0.25) is 15.9 Å². The number of sulfonamides is 1. The van der Waals surface area contributed by atoms with Crippen molar-refractivity contribution in [1.29, 1.82) is 0 Å². The van der Waals surface area contributed by atoms with Crippen LogP contribution in [0.4, 0.5) is 11.4 Å². The van der Waals surface area contributed by atoms with Gasteiger partial charge in [0.05, 0.1) is 4.90 Å². The van der Waals surface area contributed by atoms with Crippen LogP contribution in [0.2, 0.25) is 0 Å². The third kappa shape index (κ3) is 5.90. The van der Waals surface area contributed by atoms with E-state index < -0.39 is 10.0 Å². The molecule has 0 spiro atoms. The van der Waals surface area contributed by atoms with E-state index in [-0.39, 0.29) is 22.8 Å². The molecule has 0 aliphatic carbocycles. The molecule has 2 rings (SSSR count). The van der Waals surface area contributed by atoms with Crippen LogP contribution in [0, 0.1) is 0 Å². The highest BCUT2D eigenvalue weighted by Gasteiger charge is 2.17. The predicted molar refractivity (Wildman–Crippen MR) is 105 cm³/mol. The summed E-state index contributed by atoms with van der Waals surface area (Å²) in [6, 6.07) is 12.3. The van der Waals surface area contributed by atoms with Gasteiger partial charge < -0.3 is 10.6 Å². The van der Waals surface area contributed by atoms with Crippen LogP contribution in [0.3, 0.4) is 0 Å². The van der Waals surface area contributed by atoms with E-state index in [1.54, 1.807) is 31.2 Å². The second-order valence-corrected chi connectivity index (χ2v) is 7.89. The molecule has 7 nitrogen and oxygen atoms in total. The first-order valence-electron chi connectivity index (χ1n) is 8.52. The molecule has 2 amide bonds. The van der Waals surface area contributed by atoms with Crippen molar-refractivity contribution < 1.29 is 18.0 Å². The first kappa shape index (κ1) is 20.6. The van der Waals surface area contributed by atoms with Crippen LogP contribution in [0.1, 0.15) is 37.6 Å². The van der Waals surface area contributed by atoms with E-state index in [1.807, 2.05) is 6.92 Å². The minimum Gasteiger partial charge on any atom is -0.326 e. The zero-order chi connectivity index (χ0) is 20.0. The summed E-state index contributed by atoms with van der Waals surface area (Å²) in [7, 11) is -3.61. The van der Waals surface area contributed by atoms with Gasteiger partial charge >= 0.3 is 0 Å². The second kappa shape index (κ2) is 8.79. The number of nitrogens with one attached hydrogen (secondary N) is 3. The van der Waals surface area contributed by atoms with E-state index in [9.17, 15) is 18.0 Å². The molecule has 0 saturated heterocycles. The van der Waals surface area contributed by atoms with Gasteiger partial charge in [-0.2, -0.15) is 0 Å². The van der Waals surface area contributed by atoms with Gasteiger partial charge in [0, 0.05) is 29.9 Å². The zero-order valence-electron chi connectivity index (χ0n) is 15.4. The molecule has 0 aliphatic heterocycles. The molecule has 0 aliphatic rings. The van der Waals surface area contributed by atoms with Crippen molar-refractivity contribution >= 4 is 33.2 Å². The van der Waals surface area contributed by atoms with Crippen molar-refractivity contribution in [3.63, 3.8) is 0 Å². The molecule has 1 unspecified atom stereocenters. The smallest absolute Gasteiger partial charge is 0.255 e. The summed E-state index contributed by atoms with van der Waals surface area (Å²) >= 11 is 0. The molecule has 0 fully saturated rings. The fourth-order valence-electron chi connectivity index (χ4n) is 2.28. The van der Waals surface area contributed by atoms with Crippen molar-refractivity contribution in [2.75, 3.05) is 10.6 Å². The molecule has 27 heavy (non-hydrogen) atoms. The lowest BCUT2D eigenvalue weighted by atomic mass is 10.2. The van der Waals surface area contributed by atoms with Gasteiger partial charge in [-0.25, -0.2) is 13.1 Å². The monoisotopic (exact) mass is 389 g/mol. The van der Waals surface area contributed by atoms with Crippen LogP contribution >= 0.6 is 0 Å². The van der Waals surface area contributed by atoms with Gasteiger partial charge in [0.25, 0.3) is 5.91 Å². The topological polar surface area (TPSA) is 104 Å². The molecule has 1 atom stereocenters. The van der Waals surface area contributed by atoms with Crippen molar-refractivity contribution in [3.05, 3.63) is 54.1 Å². The Hall–Kier alpha value is -2.71. The highest BCUT2D eigenvalue weighted by atomic mass is 32.2. The number of amides is 2. The molecule has 144 valence electrons. The number of benzene rings is 2. The fourth-order valence-corrected chi connectivity index (χ4v) is 3.61. The summed E-state index contributed by atoms with van der Waals surface area (Å²) in [4.78, 5) is 23.6. The molecule has 2 aromatic rings. The summed E-state index contributed by atoms with van der Waals surface area (Å²) in [5.74, 6) is -0.588. The van der Waals surface area contributed by atoms with E-state index in [4.69, 9.17) is 0 Å². The van der Waals surface area contributed by atoms with Crippen molar-refractivity contribution in [2.24, 2.45) is 0 Å². The van der Waals surface area contributed by atoms with Crippen LogP contribution in [0.5, 0.6) is 0 Å². The lowest BCUT2D eigenvalue weighted by Crippen LogP contribution is -2.32. The molecule has 8 heteroatoms. The Morgan fingerprint density at radius 3 is 2.15 bits per heavy atom. The average Bonchev–Trinajstić information content (AvgIpc) is 2.61. The van der Waals surface area contributed by atoms with Crippen molar-refractivity contribution in [2.45, 2.75) is 38.1 Å². The zero-order valence-corrected chi connectivity index (χ0v) is 16.3. The molecule has 0 radical (unpaired) electrons. The maximum absolute atomic E-state index is 12.4. The van der Waals surface area contributed by atoms with Gasteiger partial charge in [-0.1, -0.05) is 13.0 Å². The lowest BCUT2D eigenvalue weighted by Gasteiger charge is -2.12. The molecule has 0 heterocycles. The summed E-state index contributed by atoms with van der Waals surface area (Å²) in [6.07, 6.45) is 0.678. The number of anilines is 2. The molecule has 0 bridgehead atoms. The van der Waals surface area contributed by atoms with Crippen LogP contribution < -0.4 is 15.4 Å². The Kier molecular flexibility index (Phi) is 6.70. The normalized spacial score (nSPS) is 12.3. The van der Waals surface area contributed by atoms with Gasteiger partial charge in [-0.05, 0) is 55.8 Å². The highest BCUT2D eigenvalue weighted by molar-refractivity contribution is 7.89. The van der Waals surface area contributed by atoms with Gasteiger partial charge in [-0.15, -0.1) is 0 Å². The first-order valence-corrected chi connectivity index (χ1v) is 10.0. The Labute approximate surface area is 159 Å². The minimum absolute atomic E-state index is 0.104. The van der Waals surface area contributed by atoms with E-state index in [0.29, 0.717) is 23.4 Å². The molecular formula is C19H23N3O4S. The SMILES string of the molecule is CCC(C)NS(=O)(=O)c1ccc(C(=O)Nc2cccc(NC(C)=O)c2)cc1. The molecule has 2 aromatic carbocycles. The van der Waals surface area contributed by atoms with Gasteiger partial charge in [0.1, 0.15) is 0 Å². The van der Waals surface area contributed by atoms with Crippen molar-refractivity contribution in [1.82, 2.24) is 4.72 Å². The number of carbonyl (C=O) groups is 2. The molecule has 0 saturated carbocycles. The lowest BCUT2D eigenvalue weighted by molar-refractivity contribution is -0.114. The Balaban J connectivity index is 2.11. The van der Waals surface area contributed by atoms with E-state index in [2.05, 4.69) is 15.4 Å². The van der Waals surface area contributed by atoms with Crippen LogP contribution in [-0.2, 0) is 14.8 Å². The maximum atomic E-state index is 12.4. The molecular weight excluding hydrogens is 366 g/mol. The number of hydrogen-bond donors (Lipinski definition) is 3. The standard InChI is InChI=1S/C19H23N3O4S/c1-4-13(2)22-27(25,26)18-10-8-15(9-11-18)19(24)21-17-7-5-6-16(12-17)20-14(3)23/h5-13,22H,4H2,1-3H3,(H,20,23)(H,21,24). The third-order valence-electron chi connectivity index (χ3n) is 3.84. The third-order valence-corrected chi connectivity index (χ3v) is 5.44. The largest absolute Gasteiger partial charge is 0.326 e. The first-order chi connectivity index (χ1) is 12.7. The quantitative estimate of drug-likeness (QED) is 0.677. The summed E-state index contributed by atoms with van der Waals surface area (Å²) in [6.45, 7) is 5.08. The predicted octanol–water partition coefficient (Wildman–Crippen LogP) is 2.97. The Morgan fingerprint density at radius 1 is 1.00 bits per heavy atom. The van der Waals surface area contributed by atoms with Crippen LogP contribution in [-0.4, -0.2) is 26.3 Å². The van der Waals surface area contributed by atoms with Gasteiger partial charge in [-0.3, -0.25) is 9.59 Å². The summed E-state index contributed by atoms with van der Waals surface area (Å²) in [5.41, 5.74) is 1.40. The molecule has 0 aromatic heterocycles. The van der Waals surface area contributed by atoms with E-state index in [1.165, 1.54) is 31.2 Å². The minimum atomic E-state index is -3.61. The average molecular weight is 389 g/mol. The fraction of sp³-hybridized carbons (Fsp3) is 0.263. The van der Waals surface area contributed by atoms with Gasteiger partial charge in [0.15, 0.2) is 0 Å². The number of hydrogen-bond acceptors (Lipinski definition) is 4. The summed E-state index contributed by atoms with van der Waals surface area (Å²) in [5, 5.41) is 5.35.